The van der Waals surface area contributed by atoms with E-state index in [0.29, 0.717) is 5.75 Å². The maximum absolute atomic E-state index is 12.5. The van der Waals surface area contributed by atoms with Crippen LogP contribution in [0.1, 0.15) is 32.6 Å². The molecule has 0 spiro atoms. The molecule has 0 saturated carbocycles. The molecular formula is C31H26N2OS. The van der Waals surface area contributed by atoms with Crippen molar-refractivity contribution in [2.24, 2.45) is 0 Å². The van der Waals surface area contributed by atoms with E-state index in [9.17, 15) is 4.79 Å². The Hall–Kier alpha value is -3.89. The van der Waals surface area contributed by atoms with Crippen LogP contribution in [0.25, 0.3) is 0 Å². The Labute approximate surface area is 210 Å². The average Bonchev–Trinajstić information content (AvgIpc) is 3.40. The second kappa shape index (κ2) is 10.6. The van der Waals surface area contributed by atoms with Crippen LogP contribution >= 0.6 is 11.8 Å². The van der Waals surface area contributed by atoms with Gasteiger partial charge in [0.1, 0.15) is 5.54 Å². The van der Waals surface area contributed by atoms with Crippen molar-refractivity contribution in [1.29, 1.82) is 0 Å². The summed E-state index contributed by atoms with van der Waals surface area (Å²) in [7, 11) is 0. The van der Waals surface area contributed by atoms with Crippen molar-refractivity contribution in [3.63, 3.8) is 0 Å². The molecule has 0 aliphatic rings. The van der Waals surface area contributed by atoms with Crippen molar-refractivity contribution >= 4 is 16.9 Å². The first-order valence-electron chi connectivity index (χ1n) is 11.7. The van der Waals surface area contributed by atoms with Gasteiger partial charge in [-0.05, 0) is 28.7 Å². The molecule has 0 radical (unpaired) electrons. The maximum Gasteiger partial charge on any atom is 0.219 e. The van der Waals surface area contributed by atoms with Crippen molar-refractivity contribution in [2.75, 3.05) is 5.75 Å². The van der Waals surface area contributed by atoms with Gasteiger partial charge >= 0.3 is 0 Å². The van der Waals surface area contributed by atoms with Crippen molar-refractivity contribution in [3.05, 3.63) is 162 Å². The first kappa shape index (κ1) is 22.9. The van der Waals surface area contributed by atoms with E-state index in [1.54, 1.807) is 0 Å². The van der Waals surface area contributed by atoms with Gasteiger partial charge in [-0.25, -0.2) is 0 Å². The van der Waals surface area contributed by atoms with Crippen LogP contribution in [0.5, 0.6) is 0 Å². The smallest absolute Gasteiger partial charge is 0.219 e. The van der Waals surface area contributed by atoms with Gasteiger partial charge in [-0.1, -0.05) is 133 Å². The summed E-state index contributed by atoms with van der Waals surface area (Å²) in [6.45, 7) is 0. The lowest BCUT2D eigenvalue weighted by Crippen LogP contribution is -2.38. The van der Waals surface area contributed by atoms with Crippen molar-refractivity contribution < 1.29 is 4.79 Å². The Bertz CT molecular complexity index is 1270. The summed E-state index contributed by atoms with van der Waals surface area (Å²) < 4.78 is 2.08. The minimum atomic E-state index is -0.616. The van der Waals surface area contributed by atoms with Gasteiger partial charge in [-0.2, -0.15) is 5.10 Å². The number of carbonyl (C=O) groups excluding carboxylic acids is 1. The van der Waals surface area contributed by atoms with Gasteiger partial charge in [0.15, 0.2) is 0 Å². The second-order valence-electron chi connectivity index (χ2n) is 8.35. The molecule has 0 bridgehead atoms. The molecule has 1 aromatic heterocycles. The van der Waals surface area contributed by atoms with Crippen LogP contribution in [-0.4, -0.2) is 20.6 Å². The second-order valence-corrected chi connectivity index (χ2v) is 9.42. The molecule has 172 valence electrons. The highest BCUT2D eigenvalue weighted by atomic mass is 32.2. The molecule has 35 heavy (non-hydrogen) atoms. The predicted molar refractivity (Wildman–Crippen MR) is 144 cm³/mol. The third-order valence-corrected chi connectivity index (χ3v) is 7.09. The van der Waals surface area contributed by atoms with Crippen molar-refractivity contribution in [2.45, 2.75) is 12.0 Å². The molecule has 0 atom stereocenters. The number of carbonyl (C=O) groups is 1. The van der Waals surface area contributed by atoms with Gasteiger partial charge in [0.05, 0.1) is 6.20 Å². The highest BCUT2D eigenvalue weighted by molar-refractivity contribution is 8.14. The van der Waals surface area contributed by atoms with E-state index in [1.807, 2.05) is 54.7 Å². The van der Waals surface area contributed by atoms with Crippen LogP contribution in [0, 0.1) is 0 Å². The molecule has 0 fully saturated rings. The standard InChI is InChI=1S/C31H26N2OS/c34-30(26-13-5-1-6-14-26)35-22-21-25-23-32-33(24-25)31(27-15-7-2-8-16-27,28-17-9-3-10-18-28)29-19-11-4-12-20-29/h1-20,23-24H,21-22H2. The third-order valence-electron chi connectivity index (χ3n) is 6.19. The van der Waals surface area contributed by atoms with E-state index < -0.39 is 5.54 Å². The van der Waals surface area contributed by atoms with E-state index in [4.69, 9.17) is 5.10 Å². The topological polar surface area (TPSA) is 34.9 Å². The van der Waals surface area contributed by atoms with Crippen LogP contribution in [0.15, 0.2) is 134 Å². The molecule has 5 aromatic rings. The molecule has 0 aliphatic heterocycles. The van der Waals surface area contributed by atoms with E-state index >= 15 is 0 Å². The molecule has 3 nitrogen and oxygen atoms in total. The lowest BCUT2D eigenvalue weighted by molar-refractivity contribution is 0.108. The number of aryl methyl sites for hydroxylation is 1. The van der Waals surface area contributed by atoms with Crippen molar-refractivity contribution in [1.82, 2.24) is 9.78 Å². The summed E-state index contributed by atoms with van der Waals surface area (Å²) in [6.07, 6.45) is 4.81. The highest BCUT2D eigenvalue weighted by Gasteiger charge is 2.39. The minimum Gasteiger partial charge on any atom is -0.282 e. The largest absolute Gasteiger partial charge is 0.282 e. The van der Waals surface area contributed by atoms with Crippen LogP contribution in [-0.2, 0) is 12.0 Å². The van der Waals surface area contributed by atoms with E-state index in [2.05, 4.69) is 83.7 Å². The molecule has 0 saturated heterocycles. The van der Waals surface area contributed by atoms with Crippen LogP contribution in [0.2, 0.25) is 0 Å². The molecular weight excluding hydrogens is 448 g/mol. The summed E-state index contributed by atoms with van der Waals surface area (Å²) >= 11 is 1.35. The zero-order valence-electron chi connectivity index (χ0n) is 19.3. The molecule has 0 unspecified atom stereocenters. The first-order valence-corrected chi connectivity index (χ1v) is 12.7. The predicted octanol–water partition coefficient (Wildman–Crippen LogP) is 6.84. The fraction of sp³-hybridized carbons (Fsp3) is 0.0968. The Morgan fingerprint density at radius 1 is 0.686 bits per heavy atom. The number of nitrogens with zero attached hydrogens (tertiary/aromatic N) is 2. The monoisotopic (exact) mass is 474 g/mol. The number of hydrogen-bond donors (Lipinski definition) is 0. The first-order chi connectivity index (χ1) is 17.3. The summed E-state index contributed by atoms with van der Waals surface area (Å²) in [4.78, 5) is 12.5. The Morgan fingerprint density at radius 3 is 1.63 bits per heavy atom. The third kappa shape index (κ3) is 4.71. The van der Waals surface area contributed by atoms with E-state index in [-0.39, 0.29) is 5.12 Å². The fourth-order valence-corrected chi connectivity index (χ4v) is 5.35. The van der Waals surface area contributed by atoms with Crippen LogP contribution in [0.3, 0.4) is 0 Å². The minimum absolute atomic E-state index is 0.102. The Morgan fingerprint density at radius 2 is 1.14 bits per heavy atom. The van der Waals surface area contributed by atoms with Gasteiger partial charge in [0.2, 0.25) is 5.12 Å². The quantitative estimate of drug-likeness (QED) is 0.231. The maximum atomic E-state index is 12.5. The summed E-state index contributed by atoms with van der Waals surface area (Å²) in [6, 6.07) is 41.0. The van der Waals surface area contributed by atoms with Crippen LogP contribution in [0.4, 0.5) is 0 Å². The Kier molecular flexibility index (Phi) is 6.92. The SMILES string of the molecule is O=C(SCCc1cnn(C(c2ccccc2)(c2ccccc2)c2ccccc2)c1)c1ccccc1. The van der Waals surface area contributed by atoms with Gasteiger partial charge in [-0.15, -0.1) is 0 Å². The fourth-order valence-electron chi connectivity index (χ4n) is 4.53. The Balaban J connectivity index is 1.51. The van der Waals surface area contributed by atoms with Gasteiger partial charge in [0.25, 0.3) is 0 Å². The van der Waals surface area contributed by atoms with E-state index in [0.717, 1.165) is 34.2 Å². The van der Waals surface area contributed by atoms with Gasteiger partial charge in [0, 0.05) is 17.5 Å². The summed E-state index contributed by atoms with van der Waals surface area (Å²) in [5.74, 6) is 0.703. The zero-order valence-corrected chi connectivity index (χ0v) is 20.1. The molecule has 0 aliphatic carbocycles. The van der Waals surface area contributed by atoms with Crippen molar-refractivity contribution in [3.8, 4) is 0 Å². The molecule has 4 heteroatoms. The number of hydrogen-bond acceptors (Lipinski definition) is 3. The van der Waals surface area contributed by atoms with Crippen LogP contribution < -0.4 is 0 Å². The van der Waals surface area contributed by atoms with E-state index in [1.165, 1.54) is 11.8 Å². The zero-order chi connectivity index (χ0) is 23.9. The average molecular weight is 475 g/mol. The summed E-state index contributed by atoms with van der Waals surface area (Å²) in [5.41, 5.74) is 4.65. The molecule has 0 amide bonds. The van der Waals surface area contributed by atoms with Gasteiger partial charge < -0.3 is 0 Å². The number of benzene rings is 4. The highest BCUT2D eigenvalue weighted by Crippen LogP contribution is 2.40. The molecule has 1 heterocycles. The number of aromatic nitrogens is 2. The molecule has 5 rings (SSSR count). The lowest BCUT2D eigenvalue weighted by atomic mass is 9.77. The molecule has 4 aromatic carbocycles. The normalized spacial score (nSPS) is 11.3. The number of rotatable bonds is 8. The molecule has 0 N–H and O–H groups in total. The summed E-state index contributed by atoms with van der Waals surface area (Å²) in [5, 5.41) is 5.00. The number of thioether (sulfide) groups is 1. The van der Waals surface area contributed by atoms with Gasteiger partial charge in [-0.3, -0.25) is 9.48 Å². The lowest BCUT2D eigenvalue weighted by Gasteiger charge is -2.36.